The summed E-state index contributed by atoms with van der Waals surface area (Å²) in [5.41, 5.74) is 9.46. The molecule has 0 saturated heterocycles. The second-order valence-corrected chi connectivity index (χ2v) is 6.21. The van der Waals surface area contributed by atoms with Crippen LogP contribution in [0, 0.1) is 6.92 Å². The van der Waals surface area contributed by atoms with Gasteiger partial charge in [0.05, 0.1) is 0 Å². The molecule has 1 heterocycles. The van der Waals surface area contributed by atoms with Gasteiger partial charge in [-0.2, -0.15) is 0 Å². The van der Waals surface area contributed by atoms with E-state index in [-0.39, 0.29) is 24.4 Å². The first kappa shape index (κ1) is 20.3. The van der Waals surface area contributed by atoms with Crippen LogP contribution in [0.3, 0.4) is 0 Å². The van der Waals surface area contributed by atoms with Gasteiger partial charge in [-0.15, -0.1) is 12.4 Å². The number of hydrogen-bond acceptors (Lipinski definition) is 3. The van der Waals surface area contributed by atoms with Crippen molar-refractivity contribution in [3.05, 3.63) is 58.5 Å². The average molecular weight is 351 g/mol. The molecule has 3 N–H and O–H groups in total. The van der Waals surface area contributed by atoms with Crippen molar-refractivity contribution in [3.8, 4) is 0 Å². The molecule has 1 unspecified atom stereocenters. The summed E-state index contributed by atoms with van der Waals surface area (Å²) in [5, 5.41) is 2.84. The van der Waals surface area contributed by atoms with Crippen LogP contribution < -0.4 is 11.1 Å². The fourth-order valence-electron chi connectivity index (χ4n) is 2.52. The Morgan fingerprint density at radius 1 is 1.21 bits per heavy atom. The minimum Gasteiger partial charge on any atom is -0.456 e. The highest BCUT2D eigenvalue weighted by Gasteiger charge is 2.15. The maximum Gasteiger partial charge on any atom is 0.287 e. The Balaban J connectivity index is 0.00000288. The van der Waals surface area contributed by atoms with Crippen molar-refractivity contribution in [2.75, 3.05) is 6.54 Å². The summed E-state index contributed by atoms with van der Waals surface area (Å²) >= 11 is 0. The molecular weight excluding hydrogens is 324 g/mol. The molecule has 0 fully saturated rings. The molecule has 0 radical (unpaired) electrons. The van der Waals surface area contributed by atoms with E-state index in [1.807, 2.05) is 26.0 Å². The van der Waals surface area contributed by atoms with E-state index in [1.165, 1.54) is 5.56 Å². The fraction of sp³-hybridized carbons (Fsp3) is 0.421. The third-order valence-electron chi connectivity index (χ3n) is 4.08. The van der Waals surface area contributed by atoms with Crippen molar-refractivity contribution in [2.45, 2.75) is 46.1 Å². The molecule has 5 heteroatoms. The van der Waals surface area contributed by atoms with Gasteiger partial charge in [-0.3, -0.25) is 4.79 Å². The van der Waals surface area contributed by atoms with E-state index >= 15 is 0 Å². The second-order valence-electron chi connectivity index (χ2n) is 6.21. The molecule has 1 atom stereocenters. The van der Waals surface area contributed by atoms with Crippen molar-refractivity contribution in [1.29, 1.82) is 0 Å². The summed E-state index contributed by atoms with van der Waals surface area (Å²) in [7, 11) is 0. The lowest BCUT2D eigenvalue weighted by molar-refractivity contribution is 0.0922. The van der Waals surface area contributed by atoms with Crippen LogP contribution in [0.2, 0.25) is 0 Å². The number of amides is 1. The number of rotatable bonds is 6. The number of aryl methyl sites for hydroxylation is 2. The highest BCUT2D eigenvalue weighted by atomic mass is 35.5. The Hall–Kier alpha value is -1.78. The Bertz CT molecular complexity index is 663. The number of furan rings is 1. The molecule has 0 saturated carbocycles. The van der Waals surface area contributed by atoms with Crippen molar-refractivity contribution < 1.29 is 9.21 Å². The molecule has 24 heavy (non-hydrogen) atoms. The van der Waals surface area contributed by atoms with E-state index in [2.05, 4.69) is 31.3 Å². The van der Waals surface area contributed by atoms with Crippen LogP contribution >= 0.6 is 12.4 Å². The topological polar surface area (TPSA) is 68.3 Å². The SMILES string of the molecule is CCc1oc(C(=O)NCC(N)c2ccc(C(C)C)cc2)cc1C.Cl. The molecule has 0 bridgehead atoms. The van der Waals surface area contributed by atoms with E-state index in [0.717, 1.165) is 23.3 Å². The number of nitrogens with two attached hydrogens (primary N) is 1. The summed E-state index contributed by atoms with van der Waals surface area (Å²) in [6, 6.07) is 9.77. The molecule has 2 rings (SSSR count). The molecule has 0 aliphatic rings. The molecule has 4 nitrogen and oxygen atoms in total. The summed E-state index contributed by atoms with van der Waals surface area (Å²) in [4.78, 5) is 12.1. The lowest BCUT2D eigenvalue weighted by Gasteiger charge is -2.14. The van der Waals surface area contributed by atoms with E-state index in [0.29, 0.717) is 18.2 Å². The van der Waals surface area contributed by atoms with Gasteiger partial charge in [0, 0.05) is 19.0 Å². The van der Waals surface area contributed by atoms with Crippen LogP contribution in [0.15, 0.2) is 34.7 Å². The van der Waals surface area contributed by atoms with E-state index in [1.54, 1.807) is 6.07 Å². The zero-order chi connectivity index (χ0) is 17.0. The molecular formula is C19H27ClN2O2. The predicted octanol–water partition coefficient (Wildman–Crippen LogP) is 4.13. The first-order chi connectivity index (χ1) is 10.9. The minimum absolute atomic E-state index is 0. The molecule has 0 aliphatic heterocycles. The molecule has 1 aromatic heterocycles. The number of halogens is 1. The van der Waals surface area contributed by atoms with E-state index in [9.17, 15) is 4.79 Å². The Labute approximate surface area is 150 Å². The smallest absolute Gasteiger partial charge is 0.287 e. The average Bonchev–Trinajstić information content (AvgIpc) is 2.93. The molecule has 2 aromatic rings. The lowest BCUT2D eigenvalue weighted by atomic mass is 9.99. The fourth-order valence-corrected chi connectivity index (χ4v) is 2.52. The Morgan fingerprint density at radius 2 is 1.79 bits per heavy atom. The third-order valence-corrected chi connectivity index (χ3v) is 4.08. The molecule has 132 valence electrons. The number of carbonyl (C=O) groups is 1. The van der Waals surface area contributed by atoms with Crippen molar-refractivity contribution in [1.82, 2.24) is 5.32 Å². The molecule has 0 aliphatic carbocycles. The first-order valence-electron chi connectivity index (χ1n) is 8.15. The van der Waals surface area contributed by atoms with Gasteiger partial charge in [-0.1, -0.05) is 45.0 Å². The van der Waals surface area contributed by atoms with Crippen LogP contribution in [-0.4, -0.2) is 12.5 Å². The summed E-state index contributed by atoms with van der Waals surface area (Å²) < 4.78 is 5.55. The maximum atomic E-state index is 12.1. The molecule has 0 spiro atoms. The van der Waals surface area contributed by atoms with Crippen LogP contribution in [0.25, 0.3) is 0 Å². The standard InChI is InChI=1S/C19H26N2O2.ClH/c1-5-17-13(4)10-18(23-17)19(22)21-11-16(20)15-8-6-14(7-9-15)12(2)3;/h6-10,12,16H,5,11,20H2,1-4H3,(H,21,22);1H. The Kier molecular flexibility index (Phi) is 7.52. The zero-order valence-electron chi connectivity index (χ0n) is 14.8. The Morgan fingerprint density at radius 3 is 2.29 bits per heavy atom. The highest BCUT2D eigenvalue weighted by Crippen LogP contribution is 2.18. The molecule has 1 amide bonds. The maximum absolute atomic E-state index is 12.1. The normalized spacial score (nSPS) is 11.9. The summed E-state index contributed by atoms with van der Waals surface area (Å²) in [5.74, 6) is 1.47. The van der Waals surface area contributed by atoms with Crippen molar-refractivity contribution in [2.24, 2.45) is 5.73 Å². The van der Waals surface area contributed by atoms with Gasteiger partial charge < -0.3 is 15.5 Å². The minimum atomic E-state index is -0.234. The largest absolute Gasteiger partial charge is 0.456 e. The van der Waals surface area contributed by atoms with Gasteiger partial charge in [0.15, 0.2) is 5.76 Å². The van der Waals surface area contributed by atoms with Gasteiger partial charge in [-0.25, -0.2) is 0 Å². The van der Waals surface area contributed by atoms with E-state index in [4.69, 9.17) is 10.2 Å². The first-order valence-corrected chi connectivity index (χ1v) is 8.15. The zero-order valence-corrected chi connectivity index (χ0v) is 15.6. The van der Waals surface area contributed by atoms with Crippen LogP contribution in [0.4, 0.5) is 0 Å². The number of benzene rings is 1. The number of nitrogens with one attached hydrogen (secondary N) is 1. The van der Waals surface area contributed by atoms with Gasteiger partial charge in [0.1, 0.15) is 5.76 Å². The number of carbonyl (C=O) groups excluding carboxylic acids is 1. The van der Waals surface area contributed by atoms with Gasteiger partial charge in [0.2, 0.25) is 0 Å². The highest BCUT2D eigenvalue weighted by molar-refractivity contribution is 5.91. The summed E-state index contributed by atoms with van der Waals surface area (Å²) in [6.45, 7) is 8.64. The quantitative estimate of drug-likeness (QED) is 0.823. The van der Waals surface area contributed by atoms with Crippen LogP contribution in [0.1, 0.15) is 65.7 Å². The van der Waals surface area contributed by atoms with Crippen molar-refractivity contribution in [3.63, 3.8) is 0 Å². The predicted molar refractivity (Wildman–Crippen MR) is 99.9 cm³/mol. The van der Waals surface area contributed by atoms with Crippen LogP contribution in [-0.2, 0) is 6.42 Å². The van der Waals surface area contributed by atoms with Gasteiger partial charge in [0.25, 0.3) is 5.91 Å². The van der Waals surface area contributed by atoms with Crippen molar-refractivity contribution >= 4 is 18.3 Å². The van der Waals surface area contributed by atoms with E-state index < -0.39 is 0 Å². The summed E-state index contributed by atoms with van der Waals surface area (Å²) in [6.07, 6.45) is 0.779. The van der Waals surface area contributed by atoms with Crippen LogP contribution in [0.5, 0.6) is 0 Å². The monoisotopic (exact) mass is 350 g/mol. The molecule has 1 aromatic carbocycles. The third kappa shape index (κ3) is 4.86. The van der Waals surface area contributed by atoms with Gasteiger partial charge in [-0.05, 0) is 35.6 Å². The number of hydrogen-bond donors (Lipinski definition) is 2. The van der Waals surface area contributed by atoms with Gasteiger partial charge >= 0.3 is 0 Å². The lowest BCUT2D eigenvalue weighted by Crippen LogP contribution is -2.31. The second kappa shape index (κ2) is 8.90.